The number of anilines is 2. The minimum Gasteiger partial charge on any atom is -0.324 e. The van der Waals surface area contributed by atoms with Crippen LogP contribution in [0.5, 0.6) is 0 Å². The molecule has 1 fully saturated rings. The molecule has 0 atom stereocenters. The van der Waals surface area contributed by atoms with Crippen LogP contribution < -0.4 is 10.2 Å². The van der Waals surface area contributed by atoms with Gasteiger partial charge in [0, 0.05) is 22.6 Å². The van der Waals surface area contributed by atoms with Crippen LogP contribution in [0, 0.1) is 22.7 Å². The number of hydrogen-bond donors (Lipinski definition) is 1. The molecule has 1 saturated carbocycles. The number of benzene rings is 2. The minimum absolute atomic E-state index is 0.0884. The maximum absolute atomic E-state index is 13.9. The molecule has 1 N–H and O–H groups in total. The fourth-order valence-electron chi connectivity index (χ4n) is 4.71. The number of rotatable bonds is 6. The summed E-state index contributed by atoms with van der Waals surface area (Å²) in [7, 11) is 0. The molecular weight excluding hydrogens is 466 g/mol. The molecule has 192 valence electrons. The van der Waals surface area contributed by atoms with Crippen LogP contribution in [-0.4, -0.2) is 41.5 Å². The van der Waals surface area contributed by atoms with Gasteiger partial charge in [-0.3, -0.25) is 14.5 Å². The van der Waals surface area contributed by atoms with Gasteiger partial charge in [0.25, 0.3) is 0 Å². The van der Waals surface area contributed by atoms with Gasteiger partial charge in [-0.2, -0.15) is 10.4 Å². The number of para-hydroxylation sites is 1. The van der Waals surface area contributed by atoms with Crippen LogP contribution in [0.2, 0.25) is 0 Å². The number of nitriles is 1. The zero-order valence-corrected chi connectivity index (χ0v) is 21.7. The molecule has 2 aromatic carbocycles. The molecule has 37 heavy (non-hydrogen) atoms. The molecule has 1 aliphatic carbocycles. The Morgan fingerprint density at radius 2 is 1.78 bits per heavy atom. The van der Waals surface area contributed by atoms with Crippen molar-refractivity contribution in [3.8, 4) is 6.07 Å². The van der Waals surface area contributed by atoms with Gasteiger partial charge in [0.1, 0.15) is 6.54 Å². The van der Waals surface area contributed by atoms with Gasteiger partial charge in [0.05, 0.1) is 29.6 Å². The first kappa shape index (κ1) is 26.1. The number of hydrogen-bond acceptors (Lipinski definition) is 5. The van der Waals surface area contributed by atoms with Gasteiger partial charge in [-0.05, 0) is 37.1 Å². The van der Waals surface area contributed by atoms with Crippen molar-refractivity contribution in [3.05, 3.63) is 59.7 Å². The number of carbonyl (C=O) groups is 3. The summed E-state index contributed by atoms with van der Waals surface area (Å²) in [6.07, 6.45) is 5.26. The van der Waals surface area contributed by atoms with E-state index in [-0.39, 0.29) is 24.8 Å². The first-order valence-electron chi connectivity index (χ1n) is 12.8. The highest BCUT2D eigenvalue weighted by atomic mass is 16.2. The minimum atomic E-state index is -0.636. The Labute approximate surface area is 217 Å². The predicted molar refractivity (Wildman–Crippen MR) is 143 cm³/mol. The molecule has 3 amide bonds. The van der Waals surface area contributed by atoms with Gasteiger partial charge in [0.2, 0.25) is 5.91 Å². The summed E-state index contributed by atoms with van der Waals surface area (Å²) in [6, 6.07) is 15.7. The first-order chi connectivity index (χ1) is 17.7. The Hall–Kier alpha value is -3.99. The molecule has 0 bridgehead atoms. The quantitative estimate of drug-likeness (QED) is 0.579. The molecule has 1 heterocycles. The van der Waals surface area contributed by atoms with Crippen LogP contribution in [0.4, 0.5) is 16.2 Å². The fourth-order valence-corrected chi connectivity index (χ4v) is 4.71. The summed E-state index contributed by atoms with van der Waals surface area (Å²) in [6.45, 7) is 5.05. The molecule has 8 heteroatoms. The standard InChI is InChI=1S/C29H33N5O3/c1-29(2,3)25(35)18-33-24-15-8-7-14-23(24)27(21-11-5-4-6-12-21)32-34(28(33)37)19-26(36)31-22-13-9-10-20(16-22)17-30/h7-10,13-16,21H,4-6,11-12,18-19H2,1-3H3,(H,31,36). The van der Waals surface area contributed by atoms with Gasteiger partial charge in [-0.25, -0.2) is 9.80 Å². The third kappa shape index (κ3) is 6.05. The van der Waals surface area contributed by atoms with Crippen molar-refractivity contribution < 1.29 is 14.4 Å². The maximum atomic E-state index is 13.9. The highest BCUT2D eigenvalue weighted by Gasteiger charge is 2.36. The molecule has 4 rings (SSSR count). The Bertz CT molecular complexity index is 1260. The van der Waals surface area contributed by atoms with E-state index in [1.165, 1.54) is 16.3 Å². The largest absolute Gasteiger partial charge is 0.345 e. The molecule has 2 aromatic rings. The van der Waals surface area contributed by atoms with Crippen LogP contribution in [0.15, 0.2) is 53.6 Å². The van der Waals surface area contributed by atoms with E-state index in [1.807, 2.05) is 51.1 Å². The number of fused-ring (bicyclic) bond motifs is 1. The summed E-state index contributed by atoms with van der Waals surface area (Å²) < 4.78 is 0. The Morgan fingerprint density at radius 1 is 1.05 bits per heavy atom. The fraction of sp³-hybridized carbons (Fsp3) is 0.414. The van der Waals surface area contributed by atoms with Gasteiger partial charge < -0.3 is 5.32 Å². The van der Waals surface area contributed by atoms with Crippen molar-refractivity contribution in [1.82, 2.24) is 5.01 Å². The molecule has 1 aliphatic heterocycles. The number of carbonyl (C=O) groups excluding carboxylic acids is 3. The number of hydrazone groups is 1. The average Bonchev–Trinajstić information content (AvgIpc) is 2.99. The summed E-state index contributed by atoms with van der Waals surface area (Å²) in [5.74, 6) is -0.364. The smallest absolute Gasteiger partial charge is 0.324 e. The topological polar surface area (TPSA) is 106 Å². The van der Waals surface area contributed by atoms with Crippen LogP contribution in [0.3, 0.4) is 0 Å². The summed E-state index contributed by atoms with van der Waals surface area (Å²) >= 11 is 0. The second kappa shape index (κ2) is 11.0. The van der Waals surface area contributed by atoms with Gasteiger partial charge >= 0.3 is 6.03 Å². The second-order valence-corrected chi connectivity index (χ2v) is 10.7. The third-order valence-electron chi connectivity index (χ3n) is 6.85. The normalized spacial score (nSPS) is 16.4. The van der Waals surface area contributed by atoms with Crippen molar-refractivity contribution in [2.75, 3.05) is 23.3 Å². The van der Waals surface area contributed by atoms with E-state index in [9.17, 15) is 14.4 Å². The summed E-state index contributed by atoms with van der Waals surface area (Å²) in [4.78, 5) is 41.4. The van der Waals surface area contributed by atoms with E-state index in [1.54, 1.807) is 24.3 Å². The van der Waals surface area contributed by atoms with E-state index in [0.29, 0.717) is 16.9 Å². The lowest BCUT2D eigenvalue weighted by atomic mass is 9.83. The molecule has 2 aliphatic rings. The highest BCUT2D eigenvalue weighted by Crippen LogP contribution is 2.34. The van der Waals surface area contributed by atoms with E-state index < -0.39 is 17.4 Å². The van der Waals surface area contributed by atoms with Crippen molar-refractivity contribution in [3.63, 3.8) is 0 Å². The SMILES string of the molecule is CC(C)(C)C(=O)CN1C(=O)N(CC(=O)Nc2cccc(C#N)c2)N=C(C2CCCCC2)c2ccccc21. The van der Waals surface area contributed by atoms with E-state index >= 15 is 0 Å². The van der Waals surface area contributed by atoms with Crippen LogP contribution in [0.25, 0.3) is 0 Å². The first-order valence-corrected chi connectivity index (χ1v) is 12.8. The molecule has 8 nitrogen and oxygen atoms in total. The number of Topliss-reactive ketones (excluding diaryl/α,β-unsaturated/α-hetero) is 1. The number of nitrogens with zero attached hydrogens (tertiary/aromatic N) is 4. The predicted octanol–water partition coefficient (Wildman–Crippen LogP) is 5.34. The Kier molecular flexibility index (Phi) is 7.72. The lowest BCUT2D eigenvalue weighted by molar-refractivity contribution is -0.124. The van der Waals surface area contributed by atoms with Crippen molar-refractivity contribution in [1.29, 1.82) is 5.26 Å². The van der Waals surface area contributed by atoms with E-state index in [0.717, 1.165) is 37.0 Å². The zero-order chi connectivity index (χ0) is 26.6. The summed E-state index contributed by atoms with van der Waals surface area (Å²) in [5, 5.41) is 17.9. The molecule has 0 spiro atoms. The molecule has 0 unspecified atom stereocenters. The third-order valence-corrected chi connectivity index (χ3v) is 6.85. The van der Waals surface area contributed by atoms with Gasteiger partial charge in [-0.15, -0.1) is 0 Å². The average molecular weight is 500 g/mol. The van der Waals surface area contributed by atoms with E-state index in [2.05, 4.69) is 5.32 Å². The number of nitrogens with one attached hydrogen (secondary N) is 1. The molecular formula is C29H33N5O3. The summed E-state index contributed by atoms with van der Waals surface area (Å²) in [5.41, 5.74) is 2.50. The monoisotopic (exact) mass is 499 g/mol. The lowest BCUT2D eigenvalue weighted by Gasteiger charge is -2.28. The Morgan fingerprint density at radius 3 is 2.49 bits per heavy atom. The lowest BCUT2D eigenvalue weighted by Crippen LogP contribution is -2.47. The molecule has 0 aromatic heterocycles. The van der Waals surface area contributed by atoms with Gasteiger partial charge in [0.15, 0.2) is 5.78 Å². The second-order valence-electron chi connectivity index (χ2n) is 10.7. The number of urea groups is 1. The van der Waals surface area contributed by atoms with Crippen LogP contribution >= 0.6 is 0 Å². The van der Waals surface area contributed by atoms with Crippen LogP contribution in [0.1, 0.15) is 64.0 Å². The van der Waals surface area contributed by atoms with Crippen molar-refractivity contribution in [2.45, 2.75) is 52.9 Å². The number of ketones is 1. The maximum Gasteiger partial charge on any atom is 0.345 e. The molecule has 0 radical (unpaired) electrons. The van der Waals surface area contributed by atoms with E-state index in [4.69, 9.17) is 10.4 Å². The van der Waals surface area contributed by atoms with Crippen molar-refractivity contribution >= 4 is 34.8 Å². The zero-order valence-electron chi connectivity index (χ0n) is 21.7. The van der Waals surface area contributed by atoms with Crippen molar-refractivity contribution in [2.24, 2.45) is 16.4 Å². The van der Waals surface area contributed by atoms with Gasteiger partial charge in [-0.1, -0.05) is 64.3 Å². The highest BCUT2D eigenvalue weighted by molar-refractivity contribution is 6.13. The number of amides is 3. The molecule has 0 saturated heterocycles. The van der Waals surface area contributed by atoms with Crippen LogP contribution in [-0.2, 0) is 9.59 Å². The Balaban J connectivity index is 1.70.